The van der Waals surface area contributed by atoms with Crippen LogP contribution in [0.5, 0.6) is 0 Å². The maximum Gasteiger partial charge on any atom is 0.305 e. The molecule has 0 aliphatic heterocycles. The number of unbranched alkanes of at least 4 members (excludes halogenated alkanes) is 59. The third-order valence-corrected chi connectivity index (χ3v) is 18.5. The number of carbonyl (C=O) groups excluding carboxylic acids is 2. The van der Waals surface area contributed by atoms with Crippen molar-refractivity contribution in [3.8, 4) is 0 Å². The van der Waals surface area contributed by atoms with E-state index < -0.39 is 12.1 Å². The van der Waals surface area contributed by atoms with E-state index in [4.69, 9.17) is 4.74 Å². The van der Waals surface area contributed by atoms with E-state index in [9.17, 15) is 19.8 Å². The molecule has 6 nitrogen and oxygen atoms in total. The molecule has 0 aromatic rings. The Bertz CT molecular complexity index is 1330. The van der Waals surface area contributed by atoms with Crippen molar-refractivity contribution >= 4 is 11.9 Å². The van der Waals surface area contributed by atoms with Crippen molar-refractivity contribution in [1.29, 1.82) is 0 Å². The Kier molecular flexibility index (Phi) is 73.3. The van der Waals surface area contributed by atoms with Crippen LogP contribution < -0.4 is 5.32 Å². The highest BCUT2D eigenvalue weighted by atomic mass is 16.5. The molecule has 2 atom stereocenters. The van der Waals surface area contributed by atoms with E-state index in [0.717, 1.165) is 51.4 Å². The molecule has 1 amide bonds. The highest BCUT2D eigenvalue weighted by molar-refractivity contribution is 5.76. The molecule has 6 heteroatoms. The van der Waals surface area contributed by atoms with E-state index in [1.807, 2.05) is 0 Å². The summed E-state index contributed by atoms with van der Waals surface area (Å²) in [5, 5.41) is 23.4. The van der Waals surface area contributed by atoms with Gasteiger partial charge in [-0.05, 0) is 57.8 Å². The molecule has 0 aromatic carbocycles. The first-order chi connectivity index (χ1) is 42.0. The van der Waals surface area contributed by atoms with Gasteiger partial charge in [-0.2, -0.15) is 0 Å². The summed E-state index contributed by atoms with van der Waals surface area (Å²) in [5.74, 6) is -0.0119. The maximum absolute atomic E-state index is 12.6. The van der Waals surface area contributed by atoms with Crippen molar-refractivity contribution in [3.63, 3.8) is 0 Å². The van der Waals surface area contributed by atoms with Gasteiger partial charge in [-0.1, -0.05) is 398 Å². The monoisotopic (exact) mass is 1200 g/mol. The number of amides is 1. The molecule has 0 rings (SSSR count). The predicted octanol–water partition coefficient (Wildman–Crippen LogP) is 25.7. The van der Waals surface area contributed by atoms with Crippen LogP contribution in [0.4, 0.5) is 0 Å². The van der Waals surface area contributed by atoms with E-state index in [0.29, 0.717) is 25.9 Å². The summed E-state index contributed by atoms with van der Waals surface area (Å²) in [5.41, 5.74) is 0. The fraction of sp³-hybridized carbons (Fsp3) is 0.924. The smallest absolute Gasteiger partial charge is 0.305 e. The van der Waals surface area contributed by atoms with Crippen molar-refractivity contribution in [2.24, 2.45) is 0 Å². The summed E-state index contributed by atoms with van der Waals surface area (Å²) in [4.78, 5) is 24.7. The van der Waals surface area contributed by atoms with Crippen LogP contribution in [0.3, 0.4) is 0 Å². The first-order valence-corrected chi connectivity index (χ1v) is 39.1. The third-order valence-electron chi connectivity index (χ3n) is 18.5. The molecule has 85 heavy (non-hydrogen) atoms. The minimum Gasteiger partial charge on any atom is -0.466 e. The van der Waals surface area contributed by atoms with Gasteiger partial charge in [0.2, 0.25) is 5.91 Å². The highest BCUT2D eigenvalue weighted by Crippen LogP contribution is 2.20. The third kappa shape index (κ3) is 71.3. The molecule has 0 bridgehead atoms. The Balaban J connectivity index is 3.33. The standard InChI is InChI=1S/C79H153NO5/c1-3-5-7-9-11-13-15-17-19-21-22-36-40-43-47-51-55-59-63-67-71-77(82)76(75-81)80-78(83)72-68-64-60-56-52-48-44-41-37-34-32-30-28-26-24-23-25-27-29-31-33-35-38-42-46-50-54-58-62-66-70-74-85-79(84)73-69-65-61-57-53-49-45-39-20-18-16-14-12-10-8-6-4-2/h12,14,18,20,76-77,81-82H,3-11,13,15-17,19,21-75H2,1-2H3,(H,80,83)/b14-12-,20-18-. The summed E-state index contributed by atoms with van der Waals surface area (Å²) >= 11 is 0. The Morgan fingerprint density at radius 3 is 0.918 bits per heavy atom. The SMILES string of the molecule is CCCCC/C=C\C/C=C\CCCCCCCCCC(=O)OCCCCCCCCCCCCCCCCCCCCCCCCCCCCCCCCCC(=O)NC(CO)C(O)CCCCCCCCCCCCCCCCCCCCCC. The second-order valence-corrected chi connectivity index (χ2v) is 27.0. The average molecular weight is 1200 g/mol. The molecular formula is C79H153NO5. The van der Waals surface area contributed by atoms with Crippen LogP contribution in [0.25, 0.3) is 0 Å². The van der Waals surface area contributed by atoms with Crippen LogP contribution in [-0.2, 0) is 14.3 Å². The average Bonchev–Trinajstić information content (AvgIpc) is 3.51. The number of allylic oxidation sites excluding steroid dienone is 4. The van der Waals surface area contributed by atoms with E-state index in [2.05, 4.69) is 43.5 Å². The molecule has 0 saturated heterocycles. The zero-order chi connectivity index (χ0) is 61.3. The molecule has 0 aliphatic rings. The number of nitrogens with one attached hydrogen (secondary N) is 1. The molecule has 2 unspecified atom stereocenters. The number of esters is 1. The second-order valence-electron chi connectivity index (χ2n) is 27.0. The summed E-state index contributed by atoms with van der Waals surface area (Å²) in [7, 11) is 0. The van der Waals surface area contributed by atoms with Crippen LogP contribution in [0.2, 0.25) is 0 Å². The number of hydrogen-bond donors (Lipinski definition) is 3. The molecule has 0 radical (unpaired) electrons. The van der Waals surface area contributed by atoms with Crippen molar-refractivity contribution in [2.45, 2.75) is 456 Å². The molecular weight excluding hydrogens is 1040 g/mol. The van der Waals surface area contributed by atoms with Gasteiger partial charge in [0, 0.05) is 12.8 Å². The lowest BCUT2D eigenvalue weighted by molar-refractivity contribution is -0.143. The van der Waals surface area contributed by atoms with Gasteiger partial charge in [-0.15, -0.1) is 0 Å². The van der Waals surface area contributed by atoms with Crippen molar-refractivity contribution in [3.05, 3.63) is 24.3 Å². The van der Waals surface area contributed by atoms with Gasteiger partial charge in [0.15, 0.2) is 0 Å². The summed E-state index contributed by atoms with van der Waals surface area (Å²) < 4.78 is 5.51. The Hall–Kier alpha value is -1.66. The first kappa shape index (κ1) is 83.3. The minimum atomic E-state index is -0.662. The molecule has 0 aliphatic carbocycles. The van der Waals surface area contributed by atoms with Crippen LogP contribution in [-0.4, -0.2) is 47.4 Å². The zero-order valence-electron chi connectivity index (χ0n) is 57.9. The molecule has 0 saturated carbocycles. The first-order valence-electron chi connectivity index (χ1n) is 39.1. The number of aliphatic hydroxyl groups is 2. The number of carbonyl (C=O) groups is 2. The molecule has 0 spiro atoms. The van der Waals surface area contributed by atoms with Crippen LogP contribution in [0.1, 0.15) is 444 Å². The normalized spacial score (nSPS) is 12.6. The fourth-order valence-corrected chi connectivity index (χ4v) is 12.6. The van der Waals surface area contributed by atoms with E-state index in [1.165, 1.54) is 360 Å². The highest BCUT2D eigenvalue weighted by Gasteiger charge is 2.20. The lowest BCUT2D eigenvalue weighted by Gasteiger charge is -2.22. The summed E-state index contributed by atoms with van der Waals surface area (Å²) in [6, 6.07) is -0.539. The summed E-state index contributed by atoms with van der Waals surface area (Å²) in [6.45, 7) is 4.98. The second kappa shape index (κ2) is 74.8. The van der Waals surface area contributed by atoms with Crippen LogP contribution in [0, 0.1) is 0 Å². The Morgan fingerprint density at radius 2 is 0.588 bits per heavy atom. The van der Waals surface area contributed by atoms with Crippen molar-refractivity contribution in [2.75, 3.05) is 13.2 Å². The van der Waals surface area contributed by atoms with Crippen molar-refractivity contribution < 1.29 is 24.5 Å². The Labute approximate surface area is 532 Å². The van der Waals surface area contributed by atoms with E-state index in [-0.39, 0.29) is 18.5 Å². The van der Waals surface area contributed by atoms with Gasteiger partial charge in [0.1, 0.15) is 0 Å². The lowest BCUT2D eigenvalue weighted by atomic mass is 10.0. The van der Waals surface area contributed by atoms with Gasteiger partial charge < -0.3 is 20.3 Å². The van der Waals surface area contributed by atoms with Crippen LogP contribution in [0.15, 0.2) is 24.3 Å². The zero-order valence-corrected chi connectivity index (χ0v) is 57.9. The topological polar surface area (TPSA) is 95.9 Å². The number of hydrogen-bond acceptors (Lipinski definition) is 5. The predicted molar refractivity (Wildman–Crippen MR) is 375 cm³/mol. The minimum absolute atomic E-state index is 0.0139. The fourth-order valence-electron chi connectivity index (χ4n) is 12.6. The molecule has 0 aromatic heterocycles. The molecule has 0 heterocycles. The van der Waals surface area contributed by atoms with Gasteiger partial charge in [-0.3, -0.25) is 9.59 Å². The number of ether oxygens (including phenoxy) is 1. The van der Waals surface area contributed by atoms with Gasteiger partial charge in [0.25, 0.3) is 0 Å². The lowest BCUT2D eigenvalue weighted by Crippen LogP contribution is -2.45. The largest absolute Gasteiger partial charge is 0.466 e. The van der Waals surface area contributed by atoms with E-state index in [1.54, 1.807) is 0 Å². The summed E-state index contributed by atoms with van der Waals surface area (Å²) in [6.07, 6.45) is 95.5. The van der Waals surface area contributed by atoms with Gasteiger partial charge in [0.05, 0.1) is 25.4 Å². The van der Waals surface area contributed by atoms with E-state index >= 15 is 0 Å². The number of aliphatic hydroxyl groups excluding tert-OH is 2. The quantitative estimate of drug-likeness (QED) is 0.0320. The number of rotatable bonds is 74. The van der Waals surface area contributed by atoms with Gasteiger partial charge in [-0.25, -0.2) is 0 Å². The maximum atomic E-state index is 12.6. The molecule has 3 N–H and O–H groups in total. The van der Waals surface area contributed by atoms with Crippen molar-refractivity contribution in [1.82, 2.24) is 5.32 Å². The molecule has 504 valence electrons. The Morgan fingerprint density at radius 1 is 0.329 bits per heavy atom. The van der Waals surface area contributed by atoms with Gasteiger partial charge >= 0.3 is 5.97 Å². The van der Waals surface area contributed by atoms with Crippen LogP contribution >= 0.6 is 0 Å². The molecule has 0 fully saturated rings.